The van der Waals surface area contributed by atoms with Crippen molar-refractivity contribution in [2.45, 2.75) is 19.5 Å². The Balaban J connectivity index is 1.54. The topological polar surface area (TPSA) is 54.8 Å². The fourth-order valence-corrected chi connectivity index (χ4v) is 3.49. The van der Waals surface area contributed by atoms with E-state index in [1.165, 1.54) is 6.33 Å². The molecule has 0 radical (unpaired) electrons. The summed E-state index contributed by atoms with van der Waals surface area (Å²) in [4.78, 5) is 19.5. The molecule has 0 fully saturated rings. The lowest BCUT2D eigenvalue weighted by Crippen LogP contribution is -2.31. The fraction of sp³-hybridized carbons (Fsp3) is 0.222. The van der Waals surface area contributed by atoms with Crippen molar-refractivity contribution in [3.05, 3.63) is 70.0 Å². The summed E-state index contributed by atoms with van der Waals surface area (Å²) in [5, 5.41) is 1.41. The highest BCUT2D eigenvalue weighted by atomic mass is 35.5. The predicted octanol–water partition coefficient (Wildman–Crippen LogP) is 3.80. The third-order valence-corrected chi connectivity index (χ3v) is 4.98. The van der Waals surface area contributed by atoms with Crippen LogP contribution < -0.4 is 0 Å². The molecule has 0 N–H and O–H groups in total. The molecule has 0 amide bonds. The molecule has 0 unspecified atom stereocenters. The van der Waals surface area contributed by atoms with Gasteiger partial charge in [-0.25, -0.2) is 19.9 Å². The van der Waals surface area contributed by atoms with Gasteiger partial charge in [0.15, 0.2) is 5.82 Å². The summed E-state index contributed by atoms with van der Waals surface area (Å²) < 4.78 is 0. The van der Waals surface area contributed by atoms with Crippen LogP contribution in [0.4, 0.5) is 0 Å². The number of aromatic nitrogens is 4. The lowest BCUT2D eigenvalue weighted by atomic mass is 10.1. The lowest BCUT2D eigenvalue weighted by Gasteiger charge is -2.28. The molecule has 3 aromatic rings. The second kappa shape index (κ2) is 7.04. The Morgan fingerprint density at radius 2 is 1.80 bits per heavy atom. The highest BCUT2D eigenvalue weighted by molar-refractivity contribution is 6.35. The maximum absolute atomic E-state index is 6.29. The highest BCUT2D eigenvalue weighted by Gasteiger charge is 2.20. The van der Waals surface area contributed by atoms with Crippen molar-refractivity contribution in [3.8, 4) is 11.4 Å². The zero-order valence-electron chi connectivity index (χ0n) is 13.4. The first kappa shape index (κ1) is 16.4. The number of hydrogen-bond acceptors (Lipinski definition) is 5. The van der Waals surface area contributed by atoms with Gasteiger partial charge in [-0.1, -0.05) is 29.3 Å². The summed E-state index contributed by atoms with van der Waals surface area (Å²) in [7, 11) is 0. The molecule has 0 atom stereocenters. The monoisotopic (exact) mass is 371 g/mol. The normalized spacial score (nSPS) is 14.3. The number of fused-ring (bicyclic) bond motifs is 1. The van der Waals surface area contributed by atoms with Crippen molar-refractivity contribution in [3.63, 3.8) is 0 Å². The van der Waals surface area contributed by atoms with E-state index in [1.54, 1.807) is 12.4 Å². The summed E-state index contributed by atoms with van der Waals surface area (Å²) in [6.45, 7) is 2.39. The van der Waals surface area contributed by atoms with Gasteiger partial charge in [-0.3, -0.25) is 4.90 Å². The maximum atomic E-state index is 6.29. The molecule has 1 aliphatic rings. The van der Waals surface area contributed by atoms with E-state index in [0.29, 0.717) is 22.4 Å². The van der Waals surface area contributed by atoms with Crippen molar-refractivity contribution in [2.24, 2.45) is 0 Å². The van der Waals surface area contributed by atoms with Crippen LogP contribution in [-0.4, -0.2) is 31.4 Å². The minimum absolute atomic E-state index is 0.668. The molecule has 4 rings (SSSR count). The Morgan fingerprint density at radius 1 is 1.04 bits per heavy atom. The Kier molecular flexibility index (Phi) is 4.61. The van der Waals surface area contributed by atoms with Gasteiger partial charge in [0.2, 0.25) is 0 Å². The quantitative estimate of drug-likeness (QED) is 0.700. The van der Waals surface area contributed by atoms with Gasteiger partial charge in [-0.15, -0.1) is 0 Å². The second-order valence-electron chi connectivity index (χ2n) is 5.95. The average molecular weight is 372 g/mol. The Labute approximate surface area is 155 Å². The van der Waals surface area contributed by atoms with Gasteiger partial charge in [0, 0.05) is 65.8 Å². The van der Waals surface area contributed by atoms with Crippen LogP contribution in [0.25, 0.3) is 11.4 Å². The molecule has 0 bridgehead atoms. The number of hydrogen-bond donors (Lipinski definition) is 0. The highest BCUT2D eigenvalue weighted by Crippen LogP contribution is 2.28. The van der Waals surface area contributed by atoms with E-state index in [0.717, 1.165) is 41.9 Å². The van der Waals surface area contributed by atoms with Gasteiger partial charge in [-0.05, 0) is 12.1 Å². The fourth-order valence-electron chi connectivity index (χ4n) is 2.97. The lowest BCUT2D eigenvalue weighted by molar-refractivity contribution is 0.243. The summed E-state index contributed by atoms with van der Waals surface area (Å²) in [5.74, 6) is 0.668. The van der Waals surface area contributed by atoms with Crippen molar-refractivity contribution in [1.29, 1.82) is 0 Å². The van der Waals surface area contributed by atoms with E-state index in [4.69, 9.17) is 28.2 Å². The van der Waals surface area contributed by atoms with Crippen LogP contribution in [0, 0.1) is 0 Å². The maximum Gasteiger partial charge on any atom is 0.162 e. The SMILES string of the molecule is Clc1cccc(Cl)c1CN1CCc2nc(-c3cncnc3)ncc2C1. The standard InChI is InChI=1S/C18H15Cl2N5/c19-15-2-1-3-16(20)14(15)10-25-5-4-17-13(9-25)8-23-18(24-17)12-6-21-11-22-7-12/h1-3,6-8,11H,4-5,9-10H2. The average Bonchev–Trinajstić information content (AvgIpc) is 2.65. The molecule has 2 aromatic heterocycles. The largest absolute Gasteiger partial charge is 0.294 e. The minimum atomic E-state index is 0.668. The van der Waals surface area contributed by atoms with Crippen molar-refractivity contribution in [2.75, 3.05) is 6.54 Å². The third-order valence-electron chi connectivity index (χ3n) is 4.28. The smallest absolute Gasteiger partial charge is 0.162 e. The van der Waals surface area contributed by atoms with Crippen molar-refractivity contribution < 1.29 is 0 Å². The molecule has 1 aromatic carbocycles. The molecule has 3 heterocycles. The number of benzene rings is 1. The first-order valence-electron chi connectivity index (χ1n) is 7.96. The van der Waals surface area contributed by atoms with Gasteiger partial charge in [0.05, 0.1) is 11.3 Å². The van der Waals surface area contributed by atoms with Gasteiger partial charge >= 0.3 is 0 Å². The van der Waals surface area contributed by atoms with E-state index in [-0.39, 0.29) is 0 Å². The third kappa shape index (κ3) is 3.49. The molecule has 5 nitrogen and oxygen atoms in total. The predicted molar refractivity (Wildman–Crippen MR) is 97.3 cm³/mol. The van der Waals surface area contributed by atoms with Gasteiger partial charge in [0.25, 0.3) is 0 Å². The summed E-state index contributed by atoms with van der Waals surface area (Å²) in [6.07, 6.45) is 7.71. The molecule has 126 valence electrons. The van der Waals surface area contributed by atoms with Crippen LogP contribution in [0.15, 0.2) is 43.1 Å². The molecule has 0 spiro atoms. The van der Waals surface area contributed by atoms with Gasteiger partial charge < -0.3 is 0 Å². The molecular formula is C18H15Cl2N5. The van der Waals surface area contributed by atoms with Gasteiger partial charge in [0.1, 0.15) is 6.33 Å². The van der Waals surface area contributed by atoms with Gasteiger partial charge in [-0.2, -0.15) is 0 Å². The molecule has 1 aliphatic heterocycles. The zero-order chi connectivity index (χ0) is 17.2. The summed E-state index contributed by atoms with van der Waals surface area (Å²) in [5.41, 5.74) is 4.01. The first-order chi connectivity index (χ1) is 12.2. The van der Waals surface area contributed by atoms with E-state index < -0.39 is 0 Å². The molecular weight excluding hydrogens is 357 g/mol. The van der Waals surface area contributed by atoms with E-state index >= 15 is 0 Å². The Bertz CT molecular complexity index is 881. The Hall–Kier alpha value is -2.08. The zero-order valence-corrected chi connectivity index (χ0v) is 14.9. The van der Waals surface area contributed by atoms with E-state index in [9.17, 15) is 0 Å². The molecule has 7 heteroatoms. The van der Waals surface area contributed by atoms with E-state index in [1.807, 2.05) is 24.4 Å². The molecule has 0 saturated heterocycles. The molecule has 0 aliphatic carbocycles. The van der Waals surface area contributed by atoms with Crippen LogP contribution in [0.3, 0.4) is 0 Å². The van der Waals surface area contributed by atoms with Crippen LogP contribution >= 0.6 is 23.2 Å². The van der Waals surface area contributed by atoms with Crippen LogP contribution in [0.2, 0.25) is 10.0 Å². The first-order valence-corrected chi connectivity index (χ1v) is 8.72. The number of nitrogens with zero attached hydrogens (tertiary/aromatic N) is 5. The molecule has 25 heavy (non-hydrogen) atoms. The molecule has 0 saturated carbocycles. The van der Waals surface area contributed by atoms with Crippen molar-refractivity contribution in [1.82, 2.24) is 24.8 Å². The number of rotatable bonds is 3. The summed E-state index contributed by atoms with van der Waals surface area (Å²) >= 11 is 12.6. The van der Waals surface area contributed by atoms with Crippen molar-refractivity contribution >= 4 is 23.2 Å². The van der Waals surface area contributed by atoms with E-state index in [2.05, 4.69) is 19.9 Å². The number of halogens is 2. The second-order valence-corrected chi connectivity index (χ2v) is 6.77. The van der Waals surface area contributed by atoms with Crippen LogP contribution in [0.1, 0.15) is 16.8 Å². The van der Waals surface area contributed by atoms with Crippen LogP contribution in [0.5, 0.6) is 0 Å². The minimum Gasteiger partial charge on any atom is -0.294 e. The van der Waals surface area contributed by atoms with Crippen LogP contribution in [-0.2, 0) is 19.5 Å². The summed E-state index contributed by atoms with van der Waals surface area (Å²) in [6, 6.07) is 5.61. The Morgan fingerprint density at radius 3 is 2.56 bits per heavy atom.